The first-order valence-corrected chi connectivity index (χ1v) is 20.9. The molecule has 0 spiro atoms. The SMILES string of the molecule is O[PH]1(c2ccc(-c3ccc(-c4cccc(-c5cc(-c6ccc(-c7ccccc7)cc6)nc(-c6ccccc6)n5)c4)cc3)cc2)c2ccccc2-c2ccccc21. The van der Waals surface area contributed by atoms with E-state index in [1.54, 1.807) is 0 Å². The summed E-state index contributed by atoms with van der Waals surface area (Å²) in [7, 11) is -3.08. The van der Waals surface area contributed by atoms with Gasteiger partial charge in [0.15, 0.2) is 5.82 Å². The molecule has 2 heterocycles. The number of rotatable bonds is 7. The predicted octanol–water partition coefficient (Wildman–Crippen LogP) is 11.4. The van der Waals surface area contributed by atoms with Crippen molar-refractivity contribution in [3.05, 3.63) is 212 Å². The van der Waals surface area contributed by atoms with Crippen LogP contribution in [0.3, 0.4) is 0 Å². The van der Waals surface area contributed by atoms with Crippen LogP contribution < -0.4 is 15.9 Å². The summed E-state index contributed by atoms with van der Waals surface area (Å²) in [5.41, 5.74) is 13.9. The molecule has 8 aromatic carbocycles. The van der Waals surface area contributed by atoms with E-state index in [1.165, 1.54) is 11.1 Å². The van der Waals surface area contributed by atoms with E-state index in [0.29, 0.717) is 5.82 Å². The van der Waals surface area contributed by atoms with Gasteiger partial charge in [-0.05, 0) is 17.2 Å². The zero-order chi connectivity index (χ0) is 37.5. The minimum absolute atomic E-state index is 0.696. The average Bonchev–Trinajstić information content (AvgIpc) is 3.55. The van der Waals surface area contributed by atoms with Crippen molar-refractivity contribution in [2.45, 2.75) is 0 Å². The van der Waals surface area contributed by atoms with Gasteiger partial charge in [-0.3, -0.25) is 0 Å². The van der Waals surface area contributed by atoms with Gasteiger partial charge in [0, 0.05) is 11.1 Å². The molecule has 9 aromatic rings. The molecular weight excluding hydrogens is 700 g/mol. The Morgan fingerprint density at radius 2 is 0.696 bits per heavy atom. The Morgan fingerprint density at radius 1 is 0.304 bits per heavy atom. The second-order valence-corrected chi connectivity index (χ2v) is 17.4. The maximum atomic E-state index is 12.4. The summed E-state index contributed by atoms with van der Waals surface area (Å²) in [5, 5.41) is 3.12. The van der Waals surface area contributed by atoms with Crippen molar-refractivity contribution in [1.29, 1.82) is 0 Å². The van der Waals surface area contributed by atoms with Crippen LogP contribution in [-0.2, 0) is 0 Å². The van der Waals surface area contributed by atoms with Crippen molar-refractivity contribution in [3.8, 4) is 78.4 Å². The number of fused-ring (bicyclic) bond motifs is 3. The molecule has 1 N–H and O–H groups in total. The van der Waals surface area contributed by atoms with Gasteiger partial charge in [0.1, 0.15) is 0 Å². The van der Waals surface area contributed by atoms with Gasteiger partial charge >= 0.3 is 194 Å². The molecule has 0 amide bonds. The van der Waals surface area contributed by atoms with Crippen LogP contribution in [-0.4, -0.2) is 14.9 Å². The zero-order valence-corrected chi connectivity index (χ0v) is 31.5. The quantitative estimate of drug-likeness (QED) is 0.166. The number of hydrogen-bond acceptors (Lipinski definition) is 3. The molecule has 4 heteroatoms. The fraction of sp³-hybridized carbons (Fsp3) is 0. The topological polar surface area (TPSA) is 46.0 Å². The summed E-state index contributed by atoms with van der Waals surface area (Å²) in [6.45, 7) is 0. The van der Waals surface area contributed by atoms with Crippen molar-refractivity contribution in [3.63, 3.8) is 0 Å². The van der Waals surface area contributed by atoms with Crippen LogP contribution in [0.1, 0.15) is 0 Å². The van der Waals surface area contributed by atoms with E-state index in [0.717, 1.165) is 77.4 Å². The summed E-state index contributed by atoms with van der Waals surface area (Å²) < 4.78 is 0. The van der Waals surface area contributed by atoms with Crippen LogP contribution in [0.5, 0.6) is 0 Å². The van der Waals surface area contributed by atoms with Gasteiger partial charge < -0.3 is 0 Å². The van der Waals surface area contributed by atoms with E-state index >= 15 is 0 Å². The first kappa shape index (κ1) is 33.8. The monoisotopic (exact) mass is 736 g/mol. The Hall–Kier alpha value is -6.77. The van der Waals surface area contributed by atoms with Crippen LogP contribution in [0.2, 0.25) is 0 Å². The van der Waals surface area contributed by atoms with Crippen molar-refractivity contribution in [2.24, 2.45) is 0 Å². The van der Waals surface area contributed by atoms with Gasteiger partial charge in [0.25, 0.3) is 0 Å². The average molecular weight is 737 g/mol. The molecule has 0 saturated heterocycles. The van der Waals surface area contributed by atoms with Crippen LogP contribution in [0.15, 0.2) is 212 Å². The Balaban J connectivity index is 0.948. The molecule has 266 valence electrons. The third kappa shape index (κ3) is 6.04. The predicted molar refractivity (Wildman–Crippen MR) is 236 cm³/mol. The fourth-order valence-electron chi connectivity index (χ4n) is 8.06. The minimum atomic E-state index is -3.08. The molecule has 1 aromatic heterocycles. The van der Waals surface area contributed by atoms with E-state index in [-0.39, 0.29) is 0 Å². The molecule has 56 heavy (non-hydrogen) atoms. The second kappa shape index (κ2) is 14.1. The molecule has 0 saturated carbocycles. The summed E-state index contributed by atoms with van der Waals surface area (Å²) in [5.74, 6) is 0.696. The van der Waals surface area contributed by atoms with Crippen LogP contribution >= 0.6 is 7.49 Å². The van der Waals surface area contributed by atoms with E-state index in [4.69, 9.17) is 9.97 Å². The maximum absolute atomic E-state index is 12.4. The van der Waals surface area contributed by atoms with Crippen molar-refractivity contribution < 1.29 is 4.89 Å². The first-order chi connectivity index (χ1) is 27.6. The van der Waals surface area contributed by atoms with E-state index in [9.17, 15) is 4.89 Å². The normalized spacial score (nSPS) is 13.1. The molecule has 0 radical (unpaired) electrons. The molecule has 1 aliphatic rings. The summed E-state index contributed by atoms with van der Waals surface area (Å²) in [4.78, 5) is 22.6. The summed E-state index contributed by atoms with van der Waals surface area (Å²) in [6.07, 6.45) is 0. The van der Waals surface area contributed by atoms with Crippen molar-refractivity contribution in [1.82, 2.24) is 9.97 Å². The van der Waals surface area contributed by atoms with Gasteiger partial charge in [0.2, 0.25) is 0 Å². The van der Waals surface area contributed by atoms with Gasteiger partial charge in [-0.15, -0.1) is 0 Å². The number of nitrogens with zero attached hydrogens (tertiary/aromatic N) is 2. The molecule has 1 aliphatic heterocycles. The standard InChI is InChI=1S/C52H37N2OP/c55-56(50-20-9-7-18-46(50)47-19-8-10-21-51(47)56)45-32-30-39(31-33-45)38-22-24-40(25-23-38)43-16-11-17-44(34-43)49-35-48(53-52(54-49)42-14-5-2-6-15-42)41-28-26-37(27-29-41)36-12-3-1-4-13-36/h1-35,55-56H. The second-order valence-electron chi connectivity index (χ2n) is 14.3. The van der Waals surface area contributed by atoms with Gasteiger partial charge in [-0.2, -0.15) is 0 Å². The Bertz CT molecular complexity index is 2790. The Kier molecular flexibility index (Phi) is 8.53. The van der Waals surface area contributed by atoms with Crippen molar-refractivity contribution in [2.75, 3.05) is 0 Å². The molecule has 0 unspecified atom stereocenters. The fourth-order valence-corrected chi connectivity index (χ4v) is 11.5. The van der Waals surface area contributed by atoms with Gasteiger partial charge in [-0.25, -0.2) is 9.97 Å². The van der Waals surface area contributed by atoms with Crippen LogP contribution in [0, 0.1) is 0 Å². The van der Waals surface area contributed by atoms with E-state index in [2.05, 4.69) is 176 Å². The summed E-state index contributed by atoms with van der Waals surface area (Å²) >= 11 is 0. The third-order valence-electron chi connectivity index (χ3n) is 11.0. The molecule has 0 fully saturated rings. The van der Waals surface area contributed by atoms with E-state index < -0.39 is 7.49 Å². The zero-order valence-electron chi connectivity index (χ0n) is 30.5. The van der Waals surface area contributed by atoms with Crippen molar-refractivity contribution >= 4 is 23.4 Å². The molecular formula is C52H37N2OP. The first-order valence-electron chi connectivity index (χ1n) is 19.0. The van der Waals surface area contributed by atoms with Gasteiger partial charge in [-0.1, -0.05) is 84.9 Å². The summed E-state index contributed by atoms with van der Waals surface area (Å²) in [6, 6.07) is 73.8. The molecule has 10 rings (SSSR count). The molecule has 0 bridgehead atoms. The number of benzene rings is 8. The Labute approximate surface area is 327 Å². The van der Waals surface area contributed by atoms with E-state index in [1.807, 2.05) is 36.4 Å². The molecule has 0 aliphatic carbocycles. The molecule has 3 nitrogen and oxygen atoms in total. The number of hydrogen-bond donors (Lipinski definition) is 1. The third-order valence-corrected chi connectivity index (χ3v) is 14.6. The molecule has 0 atom stereocenters. The Morgan fingerprint density at radius 3 is 1.27 bits per heavy atom. The van der Waals surface area contributed by atoms with Crippen LogP contribution in [0.4, 0.5) is 0 Å². The van der Waals surface area contributed by atoms with Crippen LogP contribution in [0.25, 0.3) is 78.4 Å². The number of aromatic nitrogens is 2. The van der Waals surface area contributed by atoms with Gasteiger partial charge in [0.05, 0.1) is 5.69 Å².